The first-order valence-electron chi connectivity index (χ1n) is 11.9. The van der Waals surface area contributed by atoms with Crippen molar-refractivity contribution in [3.05, 3.63) is 27.7 Å². The van der Waals surface area contributed by atoms with Gasteiger partial charge in [-0.15, -0.1) is 0 Å². The van der Waals surface area contributed by atoms with Crippen molar-refractivity contribution in [3.63, 3.8) is 0 Å². The molecule has 2 heterocycles. The minimum Gasteiger partial charge on any atom is -0.492 e. The average Bonchev–Trinajstić information content (AvgIpc) is 3.46. The third-order valence-corrected chi connectivity index (χ3v) is 8.11. The largest absolute Gasteiger partial charge is 0.492 e. The van der Waals surface area contributed by atoms with E-state index < -0.39 is 37.6 Å². The summed E-state index contributed by atoms with van der Waals surface area (Å²) >= 11 is 0. The number of benzene rings is 1. The molecule has 1 saturated heterocycles. The van der Waals surface area contributed by atoms with E-state index in [0.29, 0.717) is 31.8 Å². The fourth-order valence-electron chi connectivity index (χ4n) is 5.06. The Balaban J connectivity index is 2.10. The number of halogens is 1. The van der Waals surface area contributed by atoms with E-state index >= 15 is 4.39 Å². The molecule has 0 unspecified atom stereocenters. The van der Waals surface area contributed by atoms with Gasteiger partial charge >= 0.3 is 5.97 Å². The molecule has 0 N–H and O–H groups in total. The molecule has 10 heteroatoms. The van der Waals surface area contributed by atoms with Gasteiger partial charge in [-0.3, -0.25) is 4.79 Å². The van der Waals surface area contributed by atoms with Crippen molar-refractivity contribution in [2.75, 3.05) is 38.0 Å². The van der Waals surface area contributed by atoms with E-state index in [1.165, 1.54) is 11.7 Å². The highest BCUT2D eigenvalue weighted by Crippen LogP contribution is 2.47. The minimum absolute atomic E-state index is 0.0312. The number of hydrogen-bond donors (Lipinski definition) is 0. The minimum atomic E-state index is -4.04. The highest BCUT2D eigenvalue weighted by molar-refractivity contribution is 7.90. The summed E-state index contributed by atoms with van der Waals surface area (Å²) in [6, 6.07) is 0.845. The maximum Gasteiger partial charge on any atom is 0.345 e. The van der Waals surface area contributed by atoms with Crippen LogP contribution < -0.4 is 15.1 Å². The van der Waals surface area contributed by atoms with E-state index in [-0.39, 0.29) is 40.4 Å². The lowest BCUT2D eigenvalue weighted by Crippen LogP contribution is -2.29. The van der Waals surface area contributed by atoms with Crippen LogP contribution >= 0.6 is 0 Å². The fraction of sp³-hybridized carbons (Fsp3) is 0.600. The molecule has 2 aromatic rings. The number of sulfone groups is 1. The molecule has 35 heavy (non-hydrogen) atoms. The normalized spacial score (nSPS) is 18.8. The fourth-order valence-corrected chi connectivity index (χ4v) is 6.20. The molecule has 1 aliphatic carbocycles. The van der Waals surface area contributed by atoms with Crippen molar-refractivity contribution in [1.29, 1.82) is 0 Å². The van der Waals surface area contributed by atoms with Crippen molar-refractivity contribution < 1.29 is 27.1 Å². The molecule has 2 fully saturated rings. The highest BCUT2D eigenvalue weighted by Gasteiger charge is 2.39. The number of carbonyl (C=O) groups is 1. The number of rotatable bonds is 6. The quantitative estimate of drug-likeness (QED) is 0.546. The van der Waals surface area contributed by atoms with Gasteiger partial charge in [0.2, 0.25) is 5.43 Å². The summed E-state index contributed by atoms with van der Waals surface area (Å²) in [4.78, 5) is 28.2. The van der Waals surface area contributed by atoms with E-state index in [1.54, 1.807) is 6.92 Å². The second-order valence-corrected chi connectivity index (χ2v) is 12.5. The number of ether oxygens (including phenoxy) is 2. The molecule has 0 amide bonds. The lowest BCUT2D eigenvalue weighted by atomic mass is 9.80. The first kappa shape index (κ1) is 25.5. The van der Waals surface area contributed by atoms with Crippen LogP contribution in [0.2, 0.25) is 0 Å². The van der Waals surface area contributed by atoms with Crippen LogP contribution in [0.25, 0.3) is 10.9 Å². The van der Waals surface area contributed by atoms with Crippen LogP contribution in [-0.4, -0.2) is 52.0 Å². The molecule has 0 spiro atoms. The van der Waals surface area contributed by atoms with Gasteiger partial charge in [0.05, 0.1) is 24.6 Å². The van der Waals surface area contributed by atoms with Crippen LogP contribution in [0.5, 0.6) is 5.75 Å². The van der Waals surface area contributed by atoms with Crippen molar-refractivity contribution in [3.8, 4) is 5.75 Å². The summed E-state index contributed by atoms with van der Waals surface area (Å²) in [6.07, 6.45) is 3.15. The molecule has 8 nitrogen and oxygen atoms in total. The van der Waals surface area contributed by atoms with E-state index in [2.05, 4.69) is 20.8 Å². The van der Waals surface area contributed by atoms with Gasteiger partial charge < -0.3 is 18.9 Å². The Kier molecular flexibility index (Phi) is 6.40. The first-order chi connectivity index (χ1) is 16.3. The summed E-state index contributed by atoms with van der Waals surface area (Å²) in [5.41, 5.74) is -1.03. The standard InChI is InChI=1S/C25H33FN2O6S/c1-7-34-24(30)18-21(29)16-12-17(26)20(27-11-10-14(13-27)25(2,3)4)22(33-5)19(16)28(15-8-9-15)23(18)35(6,31)32/h12,14-15H,7-11,13H2,1-6H3/t14-/m1/s1. The second-order valence-electron chi connectivity index (χ2n) is 10.5. The maximum absolute atomic E-state index is 15.7. The molecule has 1 atom stereocenters. The number of fused-ring (bicyclic) bond motifs is 1. The SMILES string of the molecule is CCOC(=O)c1c(S(C)(=O)=O)n(C2CC2)c2c(OC)c(N3CC[C@@H](C(C)(C)C)C3)c(F)cc2c1=O. The van der Waals surface area contributed by atoms with Gasteiger partial charge in [-0.25, -0.2) is 17.6 Å². The molecule has 0 radical (unpaired) electrons. The molecule has 1 aliphatic heterocycles. The van der Waals surface area contributed by atoms with Crippen molar-refractivity contribution in [1.82, 2.24) is 4.57 Å². The average molecular weight is 509 g/mol. The van der Waals surface area contributed by atoms with E-state index in [4.69, 9.17) is 9.47 Å². The predicted molar refractivity (Wildman–Crippen MR) is 132 cm³/mol. The lowest BCUT2D eigenvalue weighted by molar-refractivity contribution is 0.0518. The maximum atomic E-state index is 15.7. The Morgan fingerprint density at radius 2 is 1.89 bits per heavy atom. The van der Waals surface area contributed by atoms with Gasteiger partial charge in [0.25, 0.3) is 0 Å². The van der Waals surface area contributed by atoms with Gasteiger partial charge in [0, 0.05) is 25.4 Å². The highest BCUT2D eigenvalue weighted by atomic mass is 32.2. The Morgan fingerprint density at radius 1 is 1.23 bits per heavy atom. The molecule has 4 rings (SSSR count). The van der Waals surface area contributed by atoms with Crippen LogP contribution in [0.4, 0.5) is 10.1 Å². The Labute approximate surface area is 204 Å². The van der Waals surface area contributed by atoms with Crippen molar-refractivity contribution in [2.45, 2.75) is 58.0 Å². The molecule has 1 saturated carbocycles. The molecule has 2 aliphatic rings. The van der Waals surface area contributed by atoms with E-state index in [1.807, 2.05) is 4.90 Å². The summed E-state index contributed by atoms with van der Waals surface area (Å²) in [6.45, 7) is 9.18. The van der Waals surface area contributed by atoms with Gasteiger partial charge in [-0.2, -0.15) is 0 Å². The van der Waals surface area contributed by atoms with Gasteiger partial charge in [0.15, 0.2) is 26.4 Å². The van der Waals surface area contributed by atoms with E-state index in [9.17, 15) is 18.0 Å². The zero-order valence-electron chi connectivity index (χ0n) is 21.1. The summed E-state index contributed by atoms with van der Waals surface area (Å²) in [5, 5.41) is -0.502. The second kappa shape index (κ2) is 8.80. The number of esters is 1. The smallest absolute Gasteiger partial charge is 0.345 e. The van der Waals surface area contributed by atoms with Crippen LogP contribution in [0.3, 0.4) is 0 Å². The number of hydrogen-bond acceptors (Lipinski definition) is 7. The van der Waals surface area contributed by atoms with Gasteiger partial charge in [0.1, 0.15) is 11.3 Å². The number of pyridine rings is 1. The van der Waals surface area contributed by atoms with Crippen LogP contribution in [0.1, 0.15) is 63.4 Å². The molecule has 1 aromatic carbocycles. The Morgan fingerprint density at radius 3 is 2.37 bits per heavy atom. The summed E-state index contributed by atoms with van der Waals surface area (Å²) in [7, 11) is -2.66. The Hall–Kier alpha value is -2.62. The van der Waals surface area contributed by atoms with Crippen LogP contribution in [0.15, 0.2) is 15.9 Å². The lowest BCUT2D eigenvalue weighted by Gasteiger charge is -2.29. The predicted octanol–water partition coefficient (Wildman–Crippen LogP) is 3.94. The van der Waals surface area contributed by atoms with Crippen molar-refractivity contribution >= 4 is 32.4 Å². The molecule has 1 aromatic heterocycles. The Bertz CT molecular complexity index is 1360. The number of carbonyl (C=O) groups excluding carboxylic acids is 1. The number of methoxy groups -OCH3 is 1. The summed E-state index contributed by atoms with van der Waals surface area (Å²) in [5.74, 6) is -1.25. The number of anilines is 1. The first-order valence-corrected chi connectivity index (χ1v) is 13.8. The van der Waals surface area contributed by atoms with E-state index in [0.717, 1.165) is 18.7 Å². The number of aromatic nitrogens is 1. The van der Waals surface area contributed by atoms with Gasteiger partial charge in [-0.1, -0.05) is 20.8 Å². The molecule has 192 valence electrons. The van der Waals surface area contributed by atoms with Crippen molar-refractivity contribution in [2.24, 2.45) is 11.3 Å². The third kappa shape index (κ3) is 4.41. The summed E-state index contributed by atoms with van der Waals surface area (Å²) < 4.78 is 53.9. The molecular weight excluding hydrogens is 475 g/mol. The molecular formula is C25H33FN2O6S. The zero-order valence-corrected chi connectivity index (χ0v) is 21.9. The monoisotopic (exact) mass is 508 g/mol. The van der Waals surface area contributed by atoms with Gasteiger partial charge in [-0.05, 0) is 43.6 Å². The zero-order chi connectivity index (χ0) is 25.9. The third-order valence-electron chi connectivity index (χ3n) is 7.00. The molecule has 0 bridgehead atoms. The number of nitrogens with zero attached hydrogens (tertiary/aromatic N) is 2. The van der Waals surface area contributed by atoms with Crippen LogP contribution in [-0.2, 0) is 14.6 Å². The van der Waals surface area contributed by atoms with Crippen LogP contribution in [0, 0.1) is 17.2 Å². The topological polar surface area (TPSA) is 94.9 Å².